The van der Waals surface area contributed by atoms with Gasteiger partial charge in [-0.25, -0.2) is 13.4 Å². The largest absolute Gasteiger partial charge is 0.504 e. The third-order valence-corrected chi connectivity index (χ3v) is 5.03. The first kappa shape index (κ1) is 16.7. The second-order valence-electron chi connectivity index (χ2n) is 5.08. The van der Waals surface area contributed by atoms with Gasteiger partial charge in [0.2, 0.25) is 5.78 Å². The van der Waals surface area contributed by atoms with Crippen LogP contribution in [0.1, 0.15) is 21.9 Å². The Kier molecular flexibility index (Phi) is 4.48. The zero-order valence-corrected chi connectivity index (χ0v) is 13.6. The quantitative estimate of drug-likeness (QED) is 0.392. The lowest BCUT2D eigenvalue weighted by molar-refractivity contribution is 0.102. The summed E-state index contributed by atoms with van der Waals surface area (Å²) in [7, 11) is -3.63. The van der Waals surface area contributed by atoms with Gasteiger partial charge in [0.05, 0.1) is 16.9 Å². The number of hydrogen-bond donors (Lipinski definition) is 2. The van der Waals surface area contributed by atoms with E-state index in [0.717, 1.165) is 6.08 Å². The molecule has 3 aromatic rings. The van der Waals surface area contributed by atoms with Crippen molar-refractivity contribution in [2.24, 2.45) is 0 Å². The van der Waals surface area contributed by atoms with Crippen LogP contribution in [0.5, 0.6) is 0 Å². The summed E-state index contributed by atoms with van der Waals surface area (Å²) in [6, 6.07) is 9.31. The number of aliphatic hydroxyl groups is 1. The normalized spacial score (nSPS) is 12.2. The number of H-pyrrole nitrogens is 1. The van der Waals surface area contributed by atoms with Crippen molar-refractivity contribution < 1.29 is 22.7 Å². The molecule has 0 atom stereocenters. The van der Waals surface area contributed by atoms with Gasteiger partial charge in [0.15, 0.2) is 27.2 Å². The minimum Gasteiger partial charge on any atom is -0.504 e. The van der Waals surface area contributed by atoms with Crippen LogP contribution < -0.4 is 0 Å². The SMILES string of the molecule is O=C(C=C(O)c1ncn[nH]1)c1occc1CS(=O)(=O)c1ccccc1. The van der Waals surface area contributed by atoms with Crippen LogP contribution in [0.4, 0.5) is 0 Å². The zero-order valence-electron chi connectivity index (χ0n) is 12.8. The summed E-state index contributed by atoms with van der Waals surface area (Å²) >= 11 is 0. The summed E-state index contributed by atoms with van der Waals surface area (Å²) < 4.78 is 30.0. The molecular weight excluding hydrogens is 346 g/mol. The lowest BCUT2D eigenvalue weighted by Gasteiger charge is -2.04. The fraction of sp³-hybridized carbons (Fsp3) is 0.0625. The van der Waals surface area contributed by atoms with Crippen molar-refractivity contribution in [2.75, 3.05) is 0 Å². The Morgan fingerprint density at radius 2 is 2.00 bits per heavy atom. The maximum atomic E-state index is 12.4. The summed E-state index contributed by atoms with van der Waals surface area (Å²) in [5.41, 5.74) is 0.204. The molecule has 0 saturated carbocycles. The second kappa shape index (κ2) is 6.73. The summed E-state index contributed by atoms with van der Waals surface area (Å²) in [5.74, 6) is -1.66. The van der Waals surface area contributed by atoms with Gasteiger partial charge in [-0.3, -0.25) is 9.89 Å². The highest BCUT2D eigenvalue weighted by Gasteiger charge is 2.22. The number of benzene rings is 1. The van der Waals surface area contributed by atoms with E-state index in [1.807, 2.05) is 0 Å². The Labute approximate surface area is 142 Å². The van der Waals surface area contributed by atoms with Crippen LogP contribution in [0.25, 0.3) is 5.76 Å². The third kappa shape index (κ3) is 3.66. The maximum absolute atomic E-state index is 12.4. The Morgan fingerprint density at radius 1 is 1.24 bits per heavy atom. The van der Waals surface area contributed by atoms with Crippen molar-refractivity contribution >= 4 is 21.4 Å². The fourth-order valence-corrected chi connectivity index (χ4v) is 3.54. The Morgan fingerprint density at radius 3 is 2.68 bits per heavy atom. The minimum absolute atomic E-state index is 0.0124. The van der Waals surface area contributed by atoms with Crippen LogP contribution in [0.15, 0.2) is 64.4 Å². The lowest BCUT2D eigenvalue weighted by atomic mass is 10.2. The number of nitrogens with zero attached hydrogens (tertiary/aromatic N) is 2. The van der Waals surface area contributed by atoms with E-state index >= 15 is 0 Å². The van der Waals surface area contributed by atoms with Crippen molar-refractivity contribution in [3.05, 3.63) is 72.2 Å². The van der Waals surface area contributed by atoms with Crippen LogP contribution in [-0.2, 0) is 15.6 Å². The van der Waals surface area contributed by atoms with Crippen LogP contribution in [0, 0.1) is 0 Å². The number of aromatic nitrogens is 3. The van der Waals surface area contributed by atoms with Gasteiger partial charge < -0.3 is 9.52 Å². The second-order valence-corrected chi connectivity index (χ2v) is 7.06. The number of hydrogen-bond acceptors (Lipinski definition) is 7. The van der Waals surface area contributed by atoms with Crippen LogP contribution >= 0.6 is 0 Å². The number of carbonyl (C=O) groups excluding carboxylic acids is 1. The molecule has 0 amide bonds. The van der Waals surface area contributed by atoms with Crippen molar-refractivity contribution in [2.45, 2.75) is 10.6 Å². The average Bonchev–Trinajstić information content (AvgIpc) is 3.27. The van der Waals surface area contributed by atoms with Gasteiger partial charge in [-0.1, -0.05) is 18.2 Å². The molecule has 9 heteroatoms. The van der Waals surface area contributed by atoms with E-state index in [0.29, 0.717) is 0 Å². The topological polar surface area (TPSA) is 126 Å². The van der Waals surface area contributed by atoms with Gasteiger partial charge in [0, 0.05) is 11.6 Å². The van der Waals surface area contributed by atoms with Gasteiger partial charge >= 0.3 is 0 Å². The molecule has 3 rings (SSSR count). The predicted octanol–water partition coefficient (Wildman–Crippen LogP) is 2.15. The number of rotatable bonds is 6. The molecule has 0 fully saturated rings. The zero-order chi connectivity index (χ0) is 17.9. The molecule has 2 heterocycles. The number of aromatic amines is 1. The number of sulfone groups is 1. The average molecular weight is 359 g/mol. The molecule has 0 saturated heterocycles. The fourth-order valence-electron chi connectivity index (χ4n) is 2.17. The Bertz CT molecular complexity index is 1010. The number of ketones is 1. The molecule has 128 valence electrons. The predicted molar refractivity (Wildman–Crippen MR) is 87.4 cm³/mol. The minimum atomic E-state index is -3.63. The highest BCUT2D eigenvalue weighted by Crippen LogP contribution is 2.21. The Hall–Kier alpha value is -3.20. The summed E-state index contributed by atoms with van der Waals surface area (Å²) in [6.45, 7) is 0. The monoisotopic (exact) mass is 359 g/mol. The maximum Gasteiger partial charge on any atom is 0.225 e. The number of carbonyl (C=O) groups is 1. The molecule has 8 nitrogen and oxygen atoms in total. The first-order chi connectivity index (χ1) is 12.0. The molecule has 0 unspecified atom stereocenters. The van der Waals surface area contributed by atoms with Crippen LogP contribution in [0.2, 0.25) is 0 Å². The number of allylic oxidation sites excluding steroid dienone is 1. The van der Waals surface area contributed by atoms with E-state index in [9.17, 15) is 18.3 Å². The van der Waals surface area contributed by atoms with E-state index in [1.165, 1.54) is 30.8 Å². The highest BCUT2D eigenvalue weighted by molar-refractivity contribution is 7.90. The van der Waals surface area contributed by atoms with E-state index < -0.39 is 27.1 Å². The number of nitrogens with one attached hydrogen (secondary N) is 1. The standard InChI is InChI=1S/C16H13N3O5S/c20-13(8-14(21)16-17-10-18-19-16)15-11(6-7-24-15)9-25(22,23)12-4-2-1-3-5-12/h1-8,10,21H,9H2,(H,17,18,19). The first-order valence-electron chi connectivity index (χ1n) is 7.12. The molecule has 0 radical (unpaired) electrons. The highest BCUT2D eigenvalue weighted by atomic mass is 32.2. The van der Waals surface area contributed by atoms with Crippen molar-refractivity contribution in [3.63, 3.8) is 0 Å². The summed E-state index contributed by atoms with van der Waals surface area (Å²) in [4.78, 5) is 16.1. The molecule has 0 spiro atoms. The smallest absolute Gasteiger partial charge is 0.225 e. The molecule has 0 aliphatic rings. The van der Waals surface area contributed by atoms with Gasteiger partial charge in [-0.15, -0.1) is 0 Å². The van der Waals surface area contributed by atoms with E-state index in [1.54, 1.807) is 18.2 Å². The lowest BCUT2D eigenvalue weighted by Crippen LogP contribution is -2.07. The summed E-state index contributed by atoms with van der Waals surface area (Å²) in [5, 5.41) is 15.8. The molecule has 1 aromatic carbocycles. The van der Waals surface area contributed by atoms with Gasteiger partial charge in [-0.2, -0.15) is 5.10 Å². The van der Waals surface area contributed by atoms with Crippen LogP contribution in [-0.4, -0.2) is 34.5 Å². The van der Waals surface area contributed by atoms with Crippen LogP contribution in [0.3, 0.4) is 0 Å². The van der Waals surface area contributed by atoms with Gasteiger partial charge in [0.25, 0.3) is 0 Å². The molecular formula is C16H13N3O5S. The molecule has 0 aliphatic carbocycles. The number of aliphatic hydroxyl groups excluding tert-OH is 1. The van der Waals surface area contributed by atoms with Gasteiger partial charge in [0.1, 0.15) is 6.33 Å². The molecule has 0 bridgehead atoms. The van der Waals surface area contributed by atoms with E-state index in [4.69, 9.17) is 4.42 Å². The molecule has 25 heavy (non-hydrogen) atoms. The number of furan rings is 1. The van der Waals surface area contributed by atoms with Crippen molar-refractivity contribution in [1.29, 1.82) is 0 Å². The van der Waals surface area contributed by atoms with E-state index in [2.05, 4.69) is 15.2 Å². The van der Waals surface area contributed by atoms with Crippen molar-refractivity contribution in [3.8, 4) is 0 Å². The first-order valence-corrected chi connectivity index (χ1v) is 8.77. The van der Waals surface area contributed by atoms with Crippen molar-refractivity contribution in [1.82, 2.24) is 15.2 Å². The Balaban J connectivity index is 1.86. The summed E-state index contributed by atoms with van der Waals surface area (Å²) in [6.07, 6.45) is 3.29. The molecule has 0 aliphatic heterocycles. The molecule has 2 N–H and O–H groups in total. The molecule has 2 aromatic heterocycles. The third-order valence-electron chi connectivity index (χ3n) is 3.34. The van der Waals surface area contributed by atoms with Gasteiger partial charge in [-0.05, 0) is 18.2 Å². The van der Waals surface area contributed by atoms with E-state index in [-0.39, 0.29) is 22.0 Å².